The number of furan rings is 1. The first kappa shape index (κ1) is 24.5. The lowest BCUT2D eigenvalue weighted by Gasteiger charge is -2.22. The molecule has 1 aliphatic rings. The summed E-state index contributed by atoms with van der Waals surface area (Å²) in [6, 6.07) is 10.8. The van der Waals surface area contributed by atoms with E-state index < -0.39 is 5.97 Å². The molecule has 0 atom stereocenters. The maximum Gasteiger partial charge on any atom is 0.339 e. The number of carbonyl (C=O) groups excluding carboxylic acids is 1. The average Bonchev–Trinajstić information content (AvgIpc) is 3.48. The molecule has 0 spiro atoms. The van der Waals surface area contributed by atoms with Gasteiger partial charge in [-0.3, -0.25) is 9.48 Å². The Bertz CT molecular complexity index is 1430. The Balaban J connectivity index is 1.40. The molecule has 0 unspecified atom stereocenters. The minimum atomic E-state index is -1.24. The van der Waals surface area contributed by atoms with Crippen LogP contribution in [-0.4, -0.2) is 43.1 Å². The van der Waals surface area contributed by atoms with E-state index in [0.29, 0.717) is 53.4 Å². The third-order valence-electron chi connectivity index (χ3n) is 6.91. The Labute approximate surface area is 214 Å². The minimum Gasteiger partial charge on any atom is -0.507 e. The van der Waals surface area contributed by atoms with Crippen LogP contribution in [0, 0.1) is 6.92 Å². The fraction of sp³-hybridized carbons (Fsp3) is 0.357. The molecular weight excluding hydrogens is 472 g/mol. The number of aromatic carboxylic acids is 1. The first-order chi connectivity index (χ1) is 17.9. The van der Waals surface area contributed by atoms with E-state index in [1.807, 2.05) is 31.2 Å². The topological polar surface area (TPSA) is 130 Å². The number of nitrogens with one attached hydrogen (secondary N) is 1. The van der Waals surface area contributed by atoms with Crippen molar-refractivity contribution in [3.63, 3.8) is 0 Å². The quantitative estimate of drug-likeness (QED) is 0.298. The molecule has 1 fully saturated rings. The Morgan fingerprint density at radius 1 is 1.14 bits per heavy atom. The summed E-state index contributed by atoms with van der Waals surface area (Å²) in [5.41, 5.74) is 3.13. The number of amides is 1. The second-order valence-corrected chi connectivity index (χ2v) is 9.72. The second kappa shape index (κ2) is 10.5. The number of hydrogen-bond acceptors (Lipinski definition) is 6. The van der Waals surface area contributed by atoms with E-state index in [2.05, 4.69) is 15.6 Å². The molecule has 4 aromatic rings. The zero-order chi connectivity index (χ0) is 25.9. The largest absolute Gasteiger partial charge is 0.507 e. The van der Waals surface area contributed by atoms with Crippen LogP contribution in [0.25, 0.3) is 33.6 Å². The number of fused-ring (bicyclic) bond motifs is 1. The van der Waals surface area contributed by atoms with Crippen molar-refractivity contribution in [3.8, 4) is 28.3 Å². The summed E-state index contributed by atoms with van der Waals surface area (Å²) in [5, 5.41) is 32.0. The molecule has 0 aliphatic heterocycles. The van der Waals surface area contributed by atoms with Crippen molar-refractivity contribution in [1.29, 1.82) is 0 Å². The van der Waals surface area contributed by atoms with Crippen LogP contribution in [0.2, 0.25) is 0 Å². The molecule has 0 saturated heterocycles. The number of carboxylic acids is 1. The fourth-order valence-electron chi connectivity index (χ4n) is 4.94. The van der Waals surface area contributed by atoms with Crippen molar-refractivity contribution < 1.29 is 24.2 Å². The summed E-state index contributed by atoms with van der Waals surface area (Å²) >= 11 is 0. The Hall–Kier alpha value is -4.14. The van der Waals surface area contributed by atoms with E-state index in [0.717, 1.165) is 24.0 Å². The first-order valence-corrected chi connectivity index (χ1v) is 12.7. The van der Waals surface area contributed by atoms with Gasteiger partial charge in [0.1, 0.15) is 28.4 Å². The van der Waals surface area contributed by atoms with Crippen LogP contribution in [0.1, 0.15) is 60.9 Å². The maximum atomic E-state index is 12.3. The molecule has 37 heavy (non-hydrogen) atoms. The normalized spacial score (nSPS) is 14.2. The van der Waals surface area contributed by atoms with Gasteiger partial charge in [0, 0.05) is 36.0 Å². The maximum absolute atomic E-state index is 12.3. The lowest BCUT2D eigenvalue weighted by molar-refractivity contribution is -0.122. The predicted molar refractivity (Wildman–Crippen MR) is 138 cm³/mol. The molecule has 2 heterocycles. The number of aromatic nitrogens is 3. The van der Waals surface area contributed by atoms with E-state index in [1.165, 1.54) is 31.4 Å². The van der Waals surface area contributed by atoms with Crippen LogP contribution in [-0.2, 0) is 11.3 Å². The van der Waals surface area contributed by atoms with Crippen LogP contribution >= 0.6 is 0 Å². The molecule has 192 valence electrons. The molecule has 1 saturated carbocycles. The van der Waals surface area contributed by atoms with Crippen molar-refractivity contribution in [3.05, 3.63) is 53.7 Å². The van der Waals surface area contributed by atoms with Gasteiger partial charge in [-0.1, -0.05) is 54.3 Å². The number of rotatable bonds is 8. The van der Waals surface area contributed by atoms with Crippen LogP contribution < -0.4 is 5.32 Å². The molecule has 1 aliphatic carbocycles. The summed E-state index contributed by atoms with van der Waals surface area (Å²) in [5.74, 6) is -1.03. The monoisotopic (exact) mass is 502 g/mol. The molecule has 1 amide bonds. The zero-order valence-electron chi connectivity index (χ0n) is 20.7. The SMILES string of the molecule is Cc1ccc(-c2oc3cc(O)c(C(=O)O)cc3c2-c2cn(CCCC(=O)NC3CCCCC3)nn2)cc1. The van der Waals surface area contributed by atoms with Gasteiger partial charge in [-0.15, -0.1) is 5.10 Å². The molecular formula is C28H30N4O5. The van der Waals surface area contributed by atoms with Gasteiger partial charge < -0.3 is 19.9 Å². The smallest absolute Gasteiger partial charge is 0.339 e. The van der Waals surface area contributed by atoms with Gasteiger partial charge in [-0.05, 0) is 32.3 Å². The molecule has 2 aromatic heterocycles. The highest BCUT2D eigenvalue weighted by Gasteiger charge is 2.23. The average molecular weight is 503 g/mol. The summed E-state index contributed by atoms with van der Waals surface area (Å²) in [4.78, 5) is 24.0. The molecule has 2 aromatic carbocycles. The van der Waals surface area contributed by atoms with E-state index in [9.17, 15) is 19.8 Å². The number of aromatic hydroxyl groups is 1. The van der Waals surface area contributed by atoms with E-state index in [4.69, 9.17) is 4.42 Å². The Kier molecular flexibility index (Phi) is 6.94. The highest BCUT2D eigenvalue weighted by molar-refractivity contribution is 6.05. The van der Waals surface area contributed by atoms with Gasteiger partial charge >= 0.3 is 5.97 Å². The minimum absolute atomic E-state index is 0.0655. The van der Waals surface area contributed by atoms with E-state index in [1.54, 1.807) is 10.9 Å². The van der Waals surface area contributed by atoms with Gasteiger partial charge in [-0.2, -0.15) is 0 Å². The summed E-state index contributed by atoms with van der Waals surface area (Å²) in [6.07, 6.45) is 8.52. The molecule has 0 radical (unpaired) electrons. The van der Waals surface area contributed by atoms with E-state index in [-0.39, 0.29) is 17.2 Å². The number of aryl methyl sites for hydroxylation is 2. The lowest BCUT2D eigenvalue weighted by atomic mass is 9.95. The molecule has 0 bridgehead atoms. The number of carbonyl (C=O) groups is 2. The number of carboxylic acid groups (broad SMARTS) is 1. The van der Waals surface area contributed by atoms with Crippen LogP contribution in [0.15, 0.2) is 47.0 Å². The number of benzene rings is 2. The summed E-state index contributed by atoms with van der Waals surface area (Å²) in [7, 11) is 0. The van der Waals surface area contributed by atoms with Crippen molar-refractivity contribution in [2.45, 2.75) is 64.5 Å². The molecule has 9 heteroatoms. The highest BCUT2D eigenvalue weighted by Crippen LogP contribution is 2.42. The lowest BCUT2D eigenvalue weighted by Crippen LogP contribution is -2.36. The standard InChI is InChI=1S/C28H30N4O5/c1-17-9-11-18(12-10-17)27-26(21-14-20(28(35)36)23(33)15-24(21)37-27)22-16-32(31-30-22)13-5-8-25(34)29-19-6-3-2-4-7-19/h9-12,14-16,19,33H,2-8,13H2,1H3,(H,29,34)(H,35,36). The second-order valence-electron chi connectivity index (χ2n) is 9.72. The van der Waals surface area contributed by atoms with Gasteiger partial charge in [-0.25, -0.2) is 4.79 Å². The van der Waals surface area contributed by atoms with Gasteiger partial charge in [0.05, 0.1) is 11.8 Å². The molecule has 3 N–H and O–H groups in total. The third kappa shape index (κ3) is 5.35. The van der Waals surface area contributed by atoms with Crippen molar-refractivity contribution >= 4 is 22.8 Å². The molecule has 5 rings (SSSR count). The number of nitrogens with zero attached hydrogens (tertiary/aromatic N) is 3. The first-order valence-electron chi connectivity index (χ1n) is 12.7. The fourth-order valence-corrected chi connectivity index (χ4v) is 4.94. The Morgan fingerprint density at radius 3 is 2.62 bits per heavy atom. The summed E-state index contributed by atoms with van der Waals surface area (Å²) < 4.78 is 7.79. The number of hydrogen-bond donors (Lipinski definition) is 3. The number of phenols is 1. The van der Waals surface area contributed by atoms with Crippen molar-refractivity contribution in [2.24, 2.45) is 0 Å². The van der Waals surface area contributed by atoms with Crippen LogP contribution in [0.3, 0.4) is 0 Å². The van der Waals surface area contributed by atoms with E-state index >= 15 is 0 Å². The van der Waals surface area contributed by atoms with Crippen molar-refractivity contribution in [1.82, 2.24) is 20.3 Å². The molecule has 9 nitrogen and oxygen atoms in total. The van der Waals surface area contributed by atoms with Gasteiger partial charge in [0.25, 0.3) is 0 Å². The Morgan fingerprint density at radius 2 is 1.89 bits per heavy atom. The van der Waals surface area contributed by atoms with Crippen LogP contribution in [0.5, 0.6) is 5.75 Å². The highest BCUT2D eigenvalue weighted by atomic mass is 16.4. The van der Waals surface area contributed by atoms with Gasteiger partial charge in [0.15, 0.2) is 0 Å². The van der Waals surface area contributed by atoms with Crippen molar-refractivity contribution in [2.75, 3.05) is 0 Å². The predicted octanol–water partition coefficient (Wildman–Crippen LogP) is 5.30. The zero-order valence-corrected chi connectivity index (χ0v) is 20.7. The van der Waals surface area contributed by atoms with Crippen LogP contribution in [0.4, 0.5) is 0 Å². The third-order valence-corrected chi connectivity index (χ3v) is 6.91. The van der Waals surface area contributed by atoms with Gasteiger partial charge in [0.2, 0.25) is 5.91 Å². The summed E-state index contributed by atoms with van der Waals surface area (Å²) in [6.45, 7) is 2.50.